The summed E-state index contributed by atoms with van der Waals surface area (Å²) in [6.45, 7) is 4.60. The molecule has 5 heteroatoms. The van der Waals surface area contributed by atoms with E-state index in [-0.39, 0.29) is 18.4 Å². The molecule has 2 aliphatic carbocycles. The fourth-order valence-corrected chi connectivity index (χ4v) is 4.25. The van der Waals surface area contributed by atoms with Gasteiger partial charge in [0.2, 0.25) is 5.89 Å². The Bertz CT molecular complexity index is 952. The van der Waals surface area contributed by atoms with Crippen molar-refractivity contribution < 1.29 is 19.1 Å². The molecular formula is C24H27NO4. The number of nitrogens with zero attached hydrogens (tertiary/aromatic N) is 1. The first-order valence-corrected chi connectivity index (χ1v) is 10.3. The van der Waals surface area contributed by atoms with Crippen LogP contribution in [0.3, 0.4) is 0 Å². The molecule has 1 aromatic carbocycles. The first-order chi connectivity index (χ1) is 14.0. The van der Waals surface area contributed by atoms with Gasteiger partial charge in [0.15, 0.2) is 0 Å². The molecule has 0 bridgehead atoms. The van der Waals surface area contributed by atoms with Gasteiger partial charge in [-0.05, 0) is 56.7 Å². The topological polar surface area (TPSA) is 72.6 Å². The monoisotopic (exact) mass is 393 g/mol. The predicted octanol–water partition coefficient (Wildman–Crippen LogP) is 5.03. The van der Waals surface area contributed by atoms with Gasteiger partial charge in [-0.1, -0.05) is 35.4 Å². The Kier molecular flexibility index (Phi) is 5.67. The Morgan fingerprint density at radius 3 is 2.83 bits per heavy atom. The van der Waals surface area contributed by atoms with Crippen LogP contribution in [0.4, 0.5) is 0 Å². The maximum atomic E-state index is 11.0. The van der Waals surface area contributed by atoms with Crippen molar-refractivity contribution in [3.63, 3.8) is 0 Å². The number of carboxylic acids is 1. The van der Waals surface area contributed by atoms with Crippen LogP contribution < -0.4 is 0 Å². The molecule has 2 aliphatic rings. The van der Waals surface area contributed by atoms with Gasteiger partial charge in [-0.15, -0.1) is 0 Å². The first kappa shape index (κ1) is 19.6. The Morgan fingerprint density at radius 2 is 2.07 bits per heavy atom. The number of hydrogen-bond donors (Lipinski definition) is 1. The van der Waals surface area contributed by atoms with Crippen molar-refractivity contribution in [1.82, 2.24) is 4.98 Å². The number of aromatic nitrogens is 1. The number of aliphatic carboxylic acids is 1. The normalized spacial score (nSPS) is 20.9. The van der Waals surface area contributed by atoms with Crippen molar-refractivity contribution in [1.29, 1.82) is 0 Å². The summed E-state index contributed by atoms with van der Waals surface area (Å²) in [5.74, 6) is 0.961. The maximum Gasteiger partial charge on any atom is 0.303 e. The van der Waals surface area contributed by atoms with Crippen LogP contribution in [0.5, 0.6) is 0 Å². The van der Waals surface area contributed by atoms with E-state index in [2.05, 4.69) is 36.2 Å². The molecule has 0 amide bonds. The summed E-state index contributed by atoms with van der Waals surface area (Å²) in [4.78, 5) is 15.6. The van der Waals surface area contributed by atoms with Crippen molar-refractivity contribution in [3.05, 3.63) is 64.6 Å². The van der Waals surface area contributed by atoms with Crippen LogP contribution in [0.2, 0.25) is 0 Å². The molecule has 0 saturated carbocycles. The predicted molar refractivity (Wildman–Crippen MR) is 111 cm³/mol. The van der Waals surface area contributed by atoms with Gasteiger partial charge >= 0.3 is 5.97 Å². The van der Waals surface area contributed by atoms with Crippen molar-refractivity contribution >= 4 is 5.97 Å². The molecule has 0 fully saturated rings. The summed E-state index contributed by atoms with van der Waals surface area (Å²) in [6, 6.07) is 8.16. The Balaban J connectivity index is 1.31. The van der Waals surface area contributed by atoms with Gasteiger partial charge in [-0.2, -0.15) is 0 Å². The maximum absolute atomic E-state index is 11.0. The molecule has 1 N–H and O–H groups in total. The SMILES string of the molecule is Cc1ccc(-c2nc(C)c(CCOC3C=CC4=C(CC[C@H]4CC(=O)O)C3)o2)cc1. The molecule has 1 unspecified atom stereocenters. The highest BCUT2D eigenvalue weighted by molar-refractivity contribution is 5.68. The van der Waals surface area contributed by atoms with Gasteiger partial charge in [0.25, 0.3) is 0 Å². The molecule has 1 heterocycles. The zero-order valence-electron chi connectivity index (χ0n) is 17.0. The average Bonchev–Trinajstić information content (AvgIpc) is 3.25. The highest BCUT2D eigenvalue weighted by Gasteiger charge is 2.29. The number of hydrogen-bond acceptors (Lipinski definition) is 4. The van der Waals surface area contributed by atoms with E-state index < -0.39 is 5.97 Å². The standard InChI is InChI=1S/C24H27NO4/c1-15-3-5-17(6-4-15)24-25-16(2)22(29-24)11-12-28-20-9-10-21-18(13-20)7-8-19(21)14-23(26)27/h3-6,9-10,19-20H,7-8,11-14H2,1-2H3,(H,26,27)/t19-,20?/m0/s1. The summed E-state index contributed by atoms with van der Waals surface area (Å²) in [7, 11) is 0. The Morgan fingerprint density at radius 1 is 1.28 bits per heavy atom. The van der Waals surface area contributed by atoms with Gasteiger partial charge in [-0.3, -0.25) is 4.79 Å². The minimum Gasteiger partial charge on any atom is -0.481 e. The highest BCUT2D eigenvalue weighted by atomic mass is 16.5. The molecule has 0 aliphatic heterocycles. The van der Waals surface area contributed by atoms with Crippen LogP contribution >= 0.6 is 0 Å². The van der Waals surface area contributed by atoms with Crippen molar-refractivity contribution in [2.24, 2.45) is 5.92 Å². The molecule has 2 aromatic rings. The highest BCUT2D eigenvalue weighted by Crippen LogP contribution is 2.40. The molecule has 29 heavy (non-hydrogen) atoms. The summed E-state index contributed by atoms with van der Waals surface area (Å²) >= 11 is 0. The van der Waals surface area contributed by atoms with Crippen molar-refractivity contribution in [3.8, 4) is 11.5 Å². The number of allylic oxidation sites excluding steroid dienone is 2. The largest absolute Gasteiger partial charge is 0.481 e. The molecule has 0 spiro atoms. The third-order valence-corrected chi connectivity index (χ3v) is 5.85. The lowest BCUT2D eigenvalue weighted by Gasteiger charge is -2.20. The quantitative estimate of drug-likeness (QED) is 0.714. The van der Waals surface area contributed by atoms with E-state index in [4.69, 9.17) is 14.3 Å². The second kappa shape index (κ2) is 8.37. The smallest absolute Gasteiger partial charge is 0.303 e. The molecule has 2 atom stereocenters. The Hall–Kier alpha value is -2.66. The number of oxazole rings is 1. The first-order valence-electron chi connectivity index (χ1n) is 10.3. The number of ether oxygens (including phenoxy) is 1. The fourth-order valence-electron chi connectivity index (χ4n) is 4.25. The molecule has 0 saturated heterocycles. The van der Waals surface area contributed by atoms with Gasteiger partial charge < -0.3 is 14.3 Å². The molecule has 5 nitrogen and oxygen atoms in total. The van der Waals surface area contributed by atoms with E-state index >= 15 is 0 Å². The van der Waals surface area contributed by atoms with E-state index in [9.17, 15) is 4.79 Å². The van der Waals surface area contributed by atoms with Gasteiger partial charge in [0.05, 0.1) is 24.8 Å². The van der Waals surface area contributed by atoms with Crippen LogP contribution in [-0.4, -0.2) is 28.8 Å². The molecule has 1 aromatic heterocycles. The fraction of sp³-hybridized carbons (Fsp3) is 0.417. The third kappa shape index (κ3) is 4.51. The minimum absolute atomic E-state index is 0.0529. The molecule has 152 valence electrons. The molecular weight excluding hydrogens is 366 g/mol. The Labute approximate surface area is 171 Å². The number of carboxylic acid groups (broad SMARTS) is 1. The summed E-state index contributed by atoms with van der Waals surface area (Å²) < 4.78 is 12.0. The van der Waals surface area contributed by atoms with E-state index in [1.165, 1.54) is 16.7 Å². The summed E-state index contributed by atoms with van der Waals surface area (Å²) in [5, 5.41) is 9.06. The second-order valence-corrected chi connectivity index (χ2v) is 8.01. The minimum atomic E-state index is -0.719. The van der Waals surface area contributed by atoms with Gasteiger partial charge in [0, 0.05) is 12.0 Å². The second-order valence-electron chi connectivity index (χ2n) is 8.01. The number of aryl methyl sites for hydroxylation is 2. The van der Waals surface area contributed by atoms with Crippen LogP contribution in [0, 0.1) is 19.8 Å². The number of carbonyl (C=O) groups is 1. The number of rotatable bonds is 7. The van der Waals surface area contributed by atoms with E-state index in [1.807, 2.05) is 19.1 Å². The third-order valence-electron chi connectivity index (χ3n) is 5.85. The van der Waals surface area contributed by atoms with Gasteiger partial charge in [-0.25, -0.2) is 4.98 Å². The van der Waals surface area contributed by atoms with Crippen LogP contribution in [0.15, 0.2) is 52.0 Å². The lowest BCUT2D eigenvalue weighted by atomic mass is 9.92. The summed E-state index contributed by atoms with van der Waals surface area (Å²) in [6.07, 6.45) is 7.91. The number of benzene rings is 1. The van der Waals surface area contributed by atoms with E-state index in [0.29, 0.717) is 18.9 Å². The van der Waals surface area contributed by atoms with Crippen molar-refractivity contribution in [2.75, 3.05) is 6.61 Å². The average molecular weight is 393 g/mol. The van der Waals surface area contributed by atoms with E-state index in [0.717, 1.165) is 36.3 Å². The van der Waals surface area contributed by atoms with E-state index in [1.54, 1.807) is 0 Å². The zero-order chi connectivity index (χ0) is 20.4. The summed E-state index contributed by atoms with van der Waals surface area (Å²) in [5.41, 5.74) is 5.68. The van der Waals surface area contributed by atoms with Crippen molar-refractivity contribution in [2.45, 2.75) is 52.1 Å². The van der Waals surface area contributed by atoms with Crippen LogP contribution in [0.25, 0.3) is 11.5 Å². The lowest BCUT2D eigenvalue weighted by molar-refractivity contribution is -0.137. The zero-order valence-corrected chi connectivity index (χ0v) is 17.0. The van der Waals surface area contributed by atoms with Crippen LogP contribution in [0.1, 0.15) is 42.7 Å². The van der Waals surface area contributed by atoms with Gasteiger partial charge in [0.1, 0.15) is 5.76 Å². The molecule has 4 rings (SSSR count). The lowest BCUT2D eigenvalue weighted by Crippen LogP contribution is -2.16. The molecule has 0 radical (unpaired) electrons. The van der Waals surface area contributed by atoms with Crippen LogP contribution in [-0.2, 0) is 16.0 Å².